The summed E-state index contributed by atoms with van der Waals surface area (Å²) >= 11 is 0. The second-order valence-electron chi connectivity index (χ2n) is 3.76. The first-order valence-corrected chi connectivity index (χ1v) is 5.47. The van der Waals surface area contributed by atoms with Gasteiger partial charge in [-0.3, -0.25) is 4.79 Å². The van der Waals surface area contributed by atoms with Crippen LogP contribution in [0.2, 0.25) is 0 Å². The summed E-state index contributed by atoms with van der Waals surface area (Å²) in [6.45, 7) is 1.90. The molecule has 18 heavy (non-hydrogen) atoms. The number of carbonyl (C=O) groups is 1. The lowest BCUT2D eigenvalue weighted by Crippen LogP contribution is -1.95. The number of pyridine rings is 1. The van der Waals surface area contributed by atoms with E-state index >= 15 is 0 Å². The first kappa shape index (κ1) is 12.1. The third-order valence-electron chi connectivity index (χ3n) is 2.49. The monoisotopic (exact) mass is 243 g/mol. The number of hydrogen-bond acceptors (Lipinski definition) is 4. The number of aromatic nitrogens is 1. The van der Waals surface area contributed by atoms with E-state index < -0.39 is 0 Å². The van der Waals surface area contributed by atoms with Crippen LogP contribution >= 0.6 is 0 Å². The van der Waals surface area contributed by atoms with E-state index in [0.29, 0.717) is 22.9 Å². The first-order valence-electron chi connectivity index (χ1n) is 5.47. The van der Waals surface area contributed by atoms with Gasteiger partial charge in [0.15, 0.2) is 11.5 Å². The highest BCUT2D eigenvalue weighted by Crippen LogP contribution is 2.32. The molecule has 0 aliphatic carbocycles. The molecule has 0 spiro atoms. The number of hydrogen-bond donors (Lipinski definition) is 0. The van der Waals surface area contributed by atoms with E-state index in [1.807, 2.05) is 19.1 Å². The SMILES string of the molecule is COc1ccc(C=O)cc1Oc1ncccc1C. The second-order valence-corrected chi connectivity index (χ2v) is 3.76. The quantitative estimate of drug-likeness (QED) is 0.774. The van der Waals surface area contributed by atoms with Gasteiger partial charge >= 0.3 is 0 Å². The lowest BCUT2D eigenvalue weighted by Gasteiger charge is -2.11. The van der Waals surface area contributed by atoms with Gasteiger partial charge in [0.05, 0.1) is 7.11 Å². The molecule has 92 valence electrons. The predicted molar refractivity (Wildman–Crippen MR) is 67.4 cm³/mol. The average Bonchev–Trinajstić information content (AvgIpc) is 2.41. The molecule has 1 aromatic heterocycles. The van der Waals surface area contributed by atoms with Crippen molar-refractivity contribution in [1.82, 2.24) is 4.98 Å². The van der Waals surface area contributed by atoms with Crippen molar-refractivity contribution in [2.45, 2.75) is 6.92 Å². The molecule has 0 aliphatic rings. The zero-order chi connectivity index (χ0) is 13.0. The van der Waals surface area contributed by atoms with E-state index in [1.165, 1.54) is 0 Å². The van der Waals surface area contributed by atoms with Crippen LogP contribution in [0.1, 0.15) is 15.9 Å². The van der Waals surface area contributed by atoms with Crippen LogP contribution in [0.3, 0.4) is 0 Å². The molecule has 2 rings (SSSR count). The maximum atomic E-state index is 10.8. The fraction of sp³-hybridized carbons (Fsp3) is 0.143. The van der Waals surface area contributed by atoms with Crippen molar-refractivity contribution in [3.63, 3.8) is 0 Å². The van der Waals surface area contributed by atoms with Crippen LogP contribution in [0, 0.1) is 6.92 Å². The molecule has 0 saturated heterocycles. The van der Waals surface area contributed by atoms with Crippen LogP contribution in [0.15, 0.2) is 36.5 Å². The van der Waals surface area contributed by atoms with Crippen LogP contribution in [-0.2, 0) is 0 Å². The minimum absolute atomic E-state index is 0.476. The van der Waals surface area contributed by atoms with Crippen LogP contribution in [0.4, 0.5) is 0 Å². The Labute approximate surface area is 105 Å². The number of nitrogens with zero attached hydrogens (tertiary/aromatic N) is 1. The molecule has 0 fully saturated rings. The third-order valence-corrected chi connectivity index (χ3v) is 2.49. The Bertz CT molecular complexity index is 567. The summed E-state index contributed by atoms with van der Waals surface area (Å²) in [6, 6.07) is 8.72. The molecule has 0 saturated carbocycles. The van der Waals surface area contributed by atoms with Gasteiger partial charge in [-0.2, -0.15) is 0 Å². The van der Waals surface area contributed by atoms with Gasteiger partial charge in [0, 0.05) is 17.3 Å². The van der Waals surface area contributed by atoms with Gasteiger partial charge in [-0.15, -0.1) is 0 Å². The number of methoxy groups -OCH3 is 1. The van der Waals surface area contributed by atoms with E-state index in [2.05, 4.69) is 4.98 Å². The minimum atomic E-state index is 0.476. The van der Waals surface area contributed by atoms with Gasteiger partial charge in [-0.25, -0.2) is 4.98 Å². The average molecular weight is 243 g/mol. The summed E-state index contributed by atoms with van der Waals surface area (Å²) in [5.41, 5.74) is 1.44. The van der Waals surface area contributed by atoms with Gasteiger partial charge in [0.2, 0.25) is 5.88 Å². The second kappa shape index (κ2) is 5.31. The fourth-order valence-electron chi connectivity index (χ4n) is 1.53. The van der Waals surface area contributed by atoms with E-state index in [9.17, 15) is 4.79 Å². The normalized spacial score (nSPS) is 9.89. The van der Waals surface area contributed by atoms with E-state index in [0.717, 1.165) is 11.8 Å². The summed E-state index contributed by atoms with van der Waals surface area (Å²) < 4.78 is 10.9. The summed E-state index contributed by atoms with van der Waals surface area (Å²) in [7, 11) is 1.55. The summed E-state index contributed by atoms with van der Waals surface area (Å²) in [5, 5.41) is 0. The number of rotatable bonds is 4. The maximum absolute atomic E-state index is 10.8. The van der Waals surface area contributed by atoms with E-state index in [1.54, 1.807) is 31.5 Å². The lowest BCUT2D eigenvalue weighted by molar-refractivity contribution is 0.112. The van der Waals surface area contributed by atoms with Crippen molar-refractivity contribution >= 4 is 6.29 Å². The molecule has 2 aromatic rings. The van der Waals surface area contributed by atoms with Gasteiger partial charge in [-0.05, 0) is 31.2 Å². The lowest BCUT2D eigenvalue weighted by atomic mass is 10.2. The van der Waals surface area contributed by atoms with Crippen molar-refractivity contribution < 1.29 is 14.3 Å². The predicted octanol–water partition coefficient (Wildman–Crippen LogP) is 3.00. The smallest absolute Gasteiger partial charge is 0.222 e. The Morgan fingerprint density at radius 3 is 2.72 bits per heavy atom. The Hall–Kier alpha value is -2.36. The van der Waals surface area contributed by atoms with E-state index in [-0.39, 0.29) is 0 Å². The number of aryl methyl sites for hydroxylation is 1. The molecule has 0 amide bonds. The van der Waals surface area contributed by atoms with Gasteiger partial charge < -0.3 is 9.47 Å². The van der Waals surface area contributed by atoms with Gasteiger partial charge in [-0.1, -0.05) is 6.07 Å². The standard InChI is InChI=1S/C14H13NO3/c1-10-4-3-7-15-14(10)18-13-8-11(9-16)5-6-12(13)17-2/h3-9H,1-2H3. The molecular weight excluding hydrogens is 230 g/mol. The molecule has 0 radical (unpaired) electrons. The number of benzene rings is 1. The topological polar surface area (TPSA) is 48.4 Å². The zero-order valence-electron chi connectivity index (χ0n) is 10.2. The van der Waals surface area contributed by atoms with Crippen LogP contribution < -0.4 is 9.47 Å². The fourth-order valence-corrected chi connectivity index (χ4v) is 1.53. The van der Waals surface area contributed by atoms with Crippen molar-refractivity contribution in [1.29, 1.82) is 0 Å². The third kappa shape index (κ3) is 2.48. The van der Waals surface area contributed by atoms with Crippen LogP contribution in [0.5, 0.6) is 17.4 Å². The van der Waals surface area contributed by atoms with Crippen molar-refractivity contribution in [2.24, 2.45) is 0 Å². The molecule has 0 atom stereocenters. The maximum Gasteiger partial charge on any atom is 0.222 e. The van der Waals surface area contributed by atoms with Crippen LogP contribution in [0.25, 0.3) is 0 Å². The zero-order valence-corrected chi connectivity index (χ0v) is 10.2. The molecule has 0 unspecified atom stereocenters. The molecule has 4 nitrogen and oxygen atoms in total. The Morgan fingerprint density at radius 2 is 2.06 bits per heavy atom. The molecule has 4 heteroatoms. The van der Waals surface area contributed by atoms with Gasteiger partial charge in [0.25, 0.3) is 0 Å². The molecule has 1 aromatic carbocycles. The minimum Gasteiger partial charge on any atom is -0.493 e. The molecule has 1 heterocycles. The largest absolute Gasteiger partial charge is 0.493 e. The Morgan fingerprint density at radius 1 is 1.22 bits per heavy atom. The number of ether oxygens (including phenoxy) is 2. The van der Waals surface area contributed by atoms with Crippen molar-refractivity contribution in [3.8, 4) is 17.4 Å². The Balaban J connectivity index is 2.38. The highest BCUT2D eigenvalue weighted by molar-refractivity contribution is 5.76. The van der Waals surface area contributed by atoms with E-state index in [4.69, 9.17) is 9.47 Å². The summed E-state index contributed by atoms with van der Waals surface area (Å²) in [4.78, 5) is 14.9. The molecular formula is C14H13NO3. The highest BCUT2D eigenvalue weighted by atomic mass is 16.5. The first-order chi connectivity index (χ1) is 8.74. The Kier molecular flexibility index (Phi) is 3.57. The molecule has 0 bridgehead atoms. The number of carbonyl (C=O) groups excluding carboxylic acids is 1. The van der Waals surface area contributed by atoms with Crippen LogP contribution in [-0.4, -0.2) is 18.4 Å². The molecule has 0 N–H and O–H groups in total. The van der Waals surface area contributed by atoms with Gasteiger partial charge in [0.1, 0.15) is 6.29 Å². The van der Waals surface area contributed by atoms with Crippen molar-refractivity contribution in [2.75, 3.05) is 7.11 Å². The van der Waals surface area contributed by atoms with Crippen molar-refractivity contribution in [3.05, 3.63) is 47.7 Å². The summed E-state index contributed by atoms with van der Waals surface area (Å²) in [6.07, 6.45) is 2.41. The summed E-state index contributed by atoms with van der Waals surface area (Å²) in [5.74, 6) is 1.54. The molecule has 0 aliphatic heterocycles. The highest BCUT2D eigenvalue weighted by Gasteiger charge is 2.09. The number of aldehydes is 1.